The number of carbonyl (C=O) groups excluding carboxylic acids is 1. The molecule has 3 aromatic rings. The number of hydrogen-bond acceptors (Lipinski definition) is 4. The molecule has 1 amide bonds. The molecule has 0 saturated heterocycles. The van der Waals surface area contributed by atoms with Gasteiger partial charge in [0, 0.05) is 21.0 Å². The normalized spacial score (nSPS) is 11.0. The lowest BCUT2D eigenvalue weighted by molar-refractivity contribution is -0.118. The molecule has 0 spiro atoms. The van der Waals surface area contributed by atoms with Crippen LogP contribution < -0.4 is 5.43 Å². The van der Waals surface area contributed by atoms with Crippen LogP contribution in [-0.2, 0) is 4.79 Å². The van der Waals surface area contributed by atoms with Gasteiger partial charge in [0.2, 0.25) is 5.91 Å². The van der Waals surface area contributed by atoms with Crippen molar-refractivity contribution in [3.05, 3.63) is 70.8 Å². The molecule has 0 unspecified atom stereocenters. The lowest BCUT2D eigenvalue weighted by atomic mass is 10.2. The Morgan fingerprint density at radius 3 is 2.79 bits per heavy atom. The van der Waals surface area contributed by atoms with E-state index in [0.29, 0.717) is 0 Å². The lowest BCUT2D eigenvalue weighted by Crippen LogP contribution is -2.19. The topological polar surface area (TPSA) is 54.4 Å². The van der Waals surface area contributed by atoms with Crippen LogP contribution in [-0.4, -0.2) is 22.9 Å². The monoisotopic (exact) mass is 399 g/mol. The van der Waals surface area contributed by atoms with Crippen molar-refractivity contribution in [2.24, 2.45) is 5.10 Å². The summed E-state index contributed by atoms with van der Waals surface area (Å²) in [5.41, 5.74) is 4.38. The van der Waals surface area contributed by atoms with Gasteiger partial charge in [0.25, 0.3) is 0 Å². The summed E-state index contributed by atoms with van der Waals surface area (Å²) in [4.78, 5) is 17.3. The molecule has 120 valence electrons. The summed E-state index contributed by atoms with van der Waals surface area (Å²) >= 11 is 4.83. The lowest BCUT2D eigenvalue weighted by Gasteiger charge is -2.04. The molecule has 0 bridgehead atoms. The number of nitrogens with zero attached hydrogens (tertiary/aromatic N) is 2. The van der Waals surface area contributed by atoms with E-state index >= 15 is 0 Å². The molecule has 24 heavy (non-hydrogen) atoms. The van der Waals surface area contributed by atoms with E-state index < -0.39 is 0 Å². The van der Waals surface area contributed by atoms with Gasteiger partial charge in [-0.1, -0.05) is 46.3 Å². The first-order chi connectivity index (χ1) is 11.7. The van der Waals surface area contributed by atoms with Gasteiger partial charge in [-0.3, -0.25) is 9.78 Å². The second-order valence-corrected chi connectivity index (χ2v) is 6.90. The van der Waals surface area contributed by atoms with Crippen molar-refractivity contribution in [1.82, 2.24) is 10.4 Å². The highest BCUT2D eigenvalue weighted by atomic mass is 79.9. The molecule has 0 aliphatic heterocycles. The number of halogens is 1. The predicted octanol–water partition coefficient (Wildman–Crippen LogP) is 4.24. The zero-order valence-electron chi connectivity index (χ0n) is 12.6. The number of hydrazone groups is 1. The Morgan fingerprint density at radius 2 is 1.96 bits per heavy atom. The molecule has 0 aliphatic rings. The van der Waals surface area contributed by atoms with Crippen molar-refractivity contribution in [1.29, 1.82) is 0 Å². The number of hydrogen-bond donors (Lipinski definition) is 1. The molecule has 4 nitrogen and oxygen atoms in total. The van der Waals surface area contributed by atoms with Gasteiger partial charge in [0.15, 0.2) is 0 Å². The molecule has 0 fully saturated rings. The molecule has 6 heteroatoms. The molecular formula is C18H14BrN3OS. The molecule has 0 atom stereocenters. The number of nitrogens with one attached hydrogen (secondary N) is 1. The summed E-state index contributed by atoms with van der Waals surface area (Å²) < 4.78 is 1.00. The summed E-state index contributed by atoms with van der Waals surface area (Å²) in [6.07, 6.45) is 3.38. The Balaban J connectivity index is 1.56. The van der Waals surface area contributed by atoms with Gasteiger partial charge in [0.1, 0.15) is 0 Å². The Hall–Kier alpha value is -2.18. The highest BCUT2D eigenvalue weighted by molar-refractivity contribution is 9.10. The molecule has 1 heterocycles. The molecule has 0 aliphatic carbocycles. The van der Waals surface area contributed by atoms with Gasteiger partial charge < -0.3 is 0 Å². The third-order valence-corrected chi connectivity index (χ3v) is 4.80. The van der Waals surface area contributed by atoms with E-state index in [1.54, 1.807) is 12.4 Å². The van der Waals surface area contributed by atoms with Gasteiger partial charge in [-0.2, -0.15) is 5.10 Å². The van der Waals surface area contributed by atoms with E-state index in [1.807, 2.05) is 54.6 Å². The van der Waals surface area contributed by atoms with Crippen LogP contribution in [0.3, 0.4) is 0 Å². The highest BCUT2D eigenvalue weighted by Gasteiger charge is 2.05. The van der Waals surface area contributed by atoms with Gasteiger partial charge in [0.05, 0.1) is 17.5 Å². The summed E-state index contributed by atoms with van der Waals surface area (Å²) in [5, 5.41) is 5.04. The standard InChI is InChI=1S/C18H14BrN3OS/c19-15-8-6-13(7-9-15)11-21-22-17(23)12-24-16-5-1-3-14-4-2-10-20-18(14)16/h1-11H,12H2,(H,22,23)/b21-11-. The molecule has 1 aromatic heterocycles. The van der Waals surface area contributed by atoms with Crippen molar-refractivity contribution in [3.8, 4) is 0 Å². The summed E-state index contributed by atoms with van der Waals surface area (Å²) in [6, 6.07) is 17.5. The van der Waals surface area contributed by atoms with Crippen LogP contribution in [0.15, 0.2) is 75.3 Å². The van der Waals surface area contributed by atoms with Crippen LogP contribution in [0.4, 0.5) is 0 Å². The number of pyridine rings is 1. The number of thioether (sulfide) groups is 1. The minimum absolute atomic E-state index is 0.152. The maximum Gasteiger partial charge on any atom is 0.250 e. The largest absolute Gasteiger partial charge is 0.272 e. The van der Waals surface area contributed by atoms with E-state index in [0.717, 1.165) is 25.8 Å². The summed E-state index contributed by atoms with van der Waals surface area (Å²) in [6.45, 7) is 0. The average molecular weight is 400 g/mol. The van der Waals surface area contributed by atoms with Crippen LogP contribution in [0.2, 0.25) is 0 Å². The highest BCUT2D eigenvalue weighted by Crippen LogP contribution is 2.25. The van der Waals surface area contributed by atoms with E-state index in [-0.39, 0.29) is 11.7 Å². The van der Waals surface area contributed by atoms with Crippen molar-refractivity contribution in [3.63, 3.8) is 0 Å². The van der Waals surface area contributed by atoms with Crippen molar-refractivity contribution in [2.75, 3.05) is 5.75 Å². The Kier molecular flexibility index (Phi) is 5.61. The van der Waals surface area contributed by atoms with Crippen molar-refractivity contribution < 1.29 is 4.79 Å². The second kappa shape index (κ2) is 8.08. The van der Waals surface area contributed by atoms with Gasteiger partial charge in [-0.15, -0.1) is 11.8 Å². The number of para-hydroxylation sites is 1. The quantitative estimate of drug-likeness (QED) is 0.396. The maximum atomic E-state index is 11.9. The smallest absolute Gasteiger partial charge is 0.250 e. The number of fused-ring (bicyclic) bond motifs is 1. The first-order valence-corrected chi connectivity index (χ1v) is 9.04. The molecule has 1 N–H and O–H groups in total. The second-order valence-electron chi connectivity index (χ2n) is 4.96. The van der Waals surface area contributed by atoms with Crippen LogP contribution in [0.5, 0.6) is 0 Å². The third kappa shape index (κ3) is 4.43. The van der Waals surface area contributed by atoms with Crippen LogP contribution in [0, 0.1) is 0 Å². The van der Waals surface area contributed by atoms with Gasteiger partial charge in [-0.05, 0) is 29.8 Å². The van der Waals surface area contributed by atoms with E-state index in [9.17, 15) is 4.79 Å². The Morgan fingerprint density at radius 1 is 1.17 bits per heavy atom. The number of aromatic nitrogens is 1. The third-order valence-electron chi connectivity index (χ3n) is 3.23. The summed E-state index contributed by atoms with van der Waals surface area (Å²) in [5.74, 6) is 0.134. The summed E-state index contributed by atoms with van der Waals surface area (Å²) in [7, 11) is 0. The van der Waals surface area contributed by atoms with Gasteiger partial charge >= 0.3 is 0 Å². The molecular weight excluding hydrogens is 386 g/mol. The fourth-order valence-corrected chi connectivity index (χ4v) is 3.19. The van der Waals surface area contributed by atoms with E-state index in [4.69, 9.17) is 0 Å². The number of rotatable bonds is 5. The van der Waals surface area contributed by atoms with Crippen LogP contribution in [0.25, 0.3) is 10.9 Å². The Labute approximate surface area is 152 Å². The number of carbonyl (C=O) groups is 1. The number of benzene rings is 2. The van der Waals surface area contributed by atoms with Crippen molar-refractivity contribution >= 4 is 50.7 Å². The predicted molar refractivity (Wildman–Crippen MR) is 102 cm³/mol. The fraction of sp³-hybridized carbons (Fsp3) is 0.0556. The molecule has 3 rings (SSSR count). The number of amides is 1. The molecule has 0 saturated carbocycles. The zero-order valence-corrected chi connectivity index (χ0v) is 15.0. The minimum Gasteiger partial charge on any atom is -0.272 e. The first kappa shape index (κ1) is 16.7. The fourth-order valence-electron chi connectivity index (χ4n) is 2.10. The zero-order chi connectivity index (χ0) is 16.8. The SMILES string of the molecule is O=C(CSc1cccc2cccnc12)N/N=C\c1ccc(Br)cc1. The van der Waals surface area contributed by atoms with Crippen LogP contribution in [0.1, 0.15) is 5.56 Å². The van der Waals surface area contributed by atoms with E-state index in [1.165, 1.54) is 11.8 Å². The van der Waals surface area contributed by atoms with Crippen LogP contribution >= 0.6 is 27.7 Å². The van der Waals surface area contributed by atoms with E-state index in [2.05, 4.69) is 31.4 Å². The minimum atomic E-state index is -0.152. The molecule has 2 aromatic carbocycles. The first-order valence-electron chi connectivity index (χ1n) is 7.26. The maximum absolute atomic E-state index is 11.9. The average Bonchev–Trinajstić information content (AvgIpc) is 2.61. The Bertz CT molecular complexity index is 876. The molecule has 0 radical (unpaired) electrons. The van der Waals surface area contributed by atoms with Gasteiger partial charge in [-0.25, -0.2) is 5.43 Å². The van der Waals surface area contributed by atoms with Crippen molar-refractivity contribution in [2.45, 2.75) is 4.90 Å².